The van der Waals surface area contributed by atoms with Crippen LogP contribution in [-0.2, 0) is 0 Å². The number of benzene rings is 1. The predicted octanol–water partition coefficient (Wildman–Crippen LogP) is 3.93. The van der Waals surface area contributed by atoms with Crippen molar-refractivity contribution in [3.63, 3.8) is 0 Å². The summed E-state index contributed by atoms with van der Waals surface area (Å²) in [6.07, 6.45) is -0.821. The number of alkyl halides is 3. The highest BCUT2D eigenvalue weighted by molar-refractivity contribution is 5.74. The zero-order chi connectivity index (χ0) is 18.6. The molecule has 1 heterocycles. The van der Waals surface area contributed by atoms with Gasteiger partial charge in [-0.05, 0) is 43.2 Å². The average molecular weight is 369 g/mol. The summed E-state index contributed by atoms with van der Waals surface area (Å²) in [7, 11) is 0. The van der Waals surface area contributed by atoms with E-state index < -0.39 is 24.2 Å². The second-order valence-corrected chi connectivity index (χ2v) is 7.35. The van der Waals surface area contributed by atoms with Crippen LogP contribution in [-0.4, -0.2) is 37.9 Å². The molecule has 2 atom stereocenters. The summed E-state index contributed by atoms with van der Waals surface area (Å²) in [6, 6.07) is 7.55. The Morgan fingerprint density at radius 1 is 1.15 bits per heavy atom. The second-order valence-electron chi connectivity index (χ2n) is 7.35. The van der Waals surface area contributed by atoms with Crippen molar-refractivity contribution in [2.75, 3.05) is 24.5 Å². The number of amides is 2. The minimum atomic E-state index is -4.40. The maximum absolute atomic E-state index is 13.3. The highest BCUT2D eigenvalue weighted by Gasteiger charge is 2.46. The first kappa shape index (κ1) is 18.9. The zero-order valence-electron chi connectivity index (χ0n) is 14.8. The molecule has 1 aliphatic heterocycles. The molecule has 0 unspecified atom stereocenters. The maximum Gasteiger partial charge on any atom is 0.408 e. The summed E-state index contributed by atoms with van der Waals surface area (Å²) >= 11 is 0. The summed E-state index contributed by atoms with van der Waals surface area (Å²) in [5, 5.41) is 4.82. The molecule has 0 aromatic heterocycles. The third kappa shape index (κ3) is 4.83. The lowest BCUT2D eigenvalue weighted by Crippen LogP contribution is -2.53. The van der Waals surface area contributed by atoms with Gasteiger partial charge in [0.15, 0.2) is 0 Å². The van der Waals surface area contributed by atoms with Gasteiger partial charge in [0.05, 0.1) is 0 Å². The van der Waals surface area contributed by atoms with E-state index in [0.29, 0.717) is 19.4 Å². The molecule has 2 N–H and O–H groups in total. The number of para-hydroxylation sites is 1. The molecule has 26 heavy (non-hydrogen) atoms. The number of hydrogen-bond donors (Lipinski definition) is 2. The van der Waals surface area contributed by atoms with Gasteiger partial charge in [0.1, 0.15) is 6.04 Å². The van der Waals surface area contributed by atoms with Crippen LogP contribution in [0.5, 0.6) is 0 Å². The number of hydrogen-bond acceptors (Lipinski definition) is 2. The van der Waals surface area contributed by atoms with Crippen molar-refractivity contribution < 1.29 is 18.0 Å². The van der Waals surface area contributed by atoms with Gasteiger partial charge in [-0.3, -0.25) is 0 Å². The van der Waals surface area contributed by atoms with Crippen molar-refractivity contribution in [3.8, 4) is 0 Å². The SMILES string of the molecule is O=C(NC[C@H]1CCN(c2ccccc2)C1)N[C@H](C1CCCC1)C(F)(F)F. The average Bonchev–Trinajstić information content (AvgIpc) is 3.29. The topological polar surface area (TPSA) is 44.4 Å². The summed E-state index contributed by atoms with van der Waals surface area (Å²) in [5.41, 5.74) is 1.14. The first-order valence-corrected chi connectivity index (χ1v) is 9.34. The maximum atomic E-state index is 13.3. The van der Waals surface area contributed by atoms with E-state index in [1.54, 1.807) is 0 Å². The van der Waals surface area contributed by atoms with Gasteiger partial charge in [0, 0.05) is 25.3 Å². The molecule has 1 aliphatic carbocycles. The van der Waals surface area contributed by atoms with Gasteiger partial charge < -0.3 is 15.5 Å². The van der Waals surface area contributed by atoms with Crippen LogP contribution in [0.2, 0.25) is 0 Å². The number of urea groups is 1. The normalized spacial score (nSPS) is 22.4. The number of nitrogens with one attached hydrogen (secondary N) is 2. The fourth-order valence-corrected chi connectivity index (χ4v) is 4.06. The van der Waals surface area contributed by atoms with Crippen LogP contribution in [0.15, 0.2) is 30.3 Å². The molecule has 1 aromatic carbocycles. The lowest BCUT2D eigenvalue weighted by atomic mass is 9.98. The van der Waals surface area contributed by atoms with Crippen molar-refractivity contribution >= 4 is 11.7 Å². The molecule has 0 bridgehead atoms. The minimum Gasteiger partial charge on any atom is -0.371 e. The van der Waals surface area contributed by atoms with Crippen molar-refractivity contribution in [1.82, 2.24) is 10.6 Å². The van der Waals surface area contributed by atoms with Gasteiger partial charge in [-0.2, -0.15) is 13.2 Å². The molecule has 2 aliphatic rings. The van der Waals surface area contributed by atoms with Crippen molar-refractivity contribution in [2.45, 2.75) is 44.3 Å². The van der Waals surface area contributed by atoms with Crippen molar-refractivity contribution in [1.29, 1.82) is 0 Å². The van der Waals surface area contributed by atoms with Crippen LogP contribution in [0, 0.1) is 11.8 Å². The van der Waals surface area contributed by atoms with Crippen LogP contribution < -0.4 is 15.5 Å². The van der Waals surface area contributed by atoms with Crippen LogP contribution in [0.3, 0.4) is 0 Å². The van der Waals surface area contributed by atoms with E-state index in [0.717, 1.165) is 38.0 Å². The Kier molecular flexibility index (Phi) is 5.94. The third-order valence-electron chi connectivity index (χ3n) is 5.47. The van der Waals surface area contributed by atoms with E-state index in [2.05, 4.69) is 15.5 Å². The number of anilines is 1. The van der Waals surface area contributed by atoms with Crippen LogP contribution >= 0.6 is 0 Å². The smallest absolute Gasteiger partial charge is 0.371 e. The van der Waals surface area contributed by atoms with Crippen LogP contribution in [0.4, 0.5) is 23.7 Å². The summed E-state index contributed by atoms with van der Waals surface area (Å²) < 4.78 is 39.8. The molecule has 0 radical (unpaired) electrons. The summed E-state index contributed by atoms with van der Waals surface area (Å²) in [5.74, 6) is -0.252. The molecule has 144 valence electrons. The Morgan fingerprint density at radius 3 is 2.50 bits per heavy atom. The van der Waals surface area contributed by atoms with Gasteiger partial charge in [-0.15, -0.1) is 0 Å². The Morgan fingerprint density at radius 2 is 1.85 bits per heavy atom. The van der Waals surface area contributed by atoms with Gasteiger partial charge in [0.25, 0.3) is 0 Å². The lowest BCUT2D eigenvalue weighted by molar-refractivity contribution is -0.164. The lowest BCUT2D eigenvalue weighted by Gasteiger charge is -2.27. The molecule has 2 amide bonds. The number of halogens is 3. The fourth-order valence-electron chi connectivity index (χ4n) is 4.06. The molecule has 1 aromatic rings. The largest absolute Gasteiger partial charge is 0.408 e. The zero-order valence-corrected chi connectivity index (χ0v) is 14.8. The molecule has 3 rings (SSSR count). The summed E-state index contributed by atoms with van der Waals surface area (Å²) in [4.78, 5) is 14.3. The van der Waals surface area contributed by atoms with Gasteiger partial charge in [-0.25, -0.2) is 4.79 Å². The van der Waals surface area contributed by atoms with Crippen molar-refractivity contribution in [2.24, 2.45) is 11.8 Å². The fraction of sp³-hybridized carbons (Fsp3) is 0.632. The van der Waals surface area contributed by atoms with Crippen LogP contribution in [0.1, 0.15) is 32.1 Å². The highest BCUT2D eigenvalue weighted by Crippen LogP contribution is 2.35. The molecule has 2 fully saturated rings. The molecular formula is C19H26F3N3O. The Bertz CT molecular complexity index is 587. The van der Waals surface area contributed by atoms with Gasteiger partial charge in [0.2, 0.25) is 0 Å². The Hall–Kier alpha value is -1.92. The highest BCUT2D eigenvalue weighted by atomic mass is 19.4. The quantitative estimate of drug-likeness (QED) is 0.826. The molecule has 0 spiro atoms. The Balaban J connectivity index is 1.46. The number of nitrogens with zero attached hydrogens (tertiary/aromatic N) is 1. The van der Waals surface area contributed by atoms with Crippen molar-refractivity contribution in [3.05, 3.63) is 30.3 Å². The standard InChI is InChI=1S/C19H26F3N3O/c20-19(21,22)17(15-6-4-5-7-15)24-18(26)23-12-14-10-11-25(13-14)16-8-2-1-3-9-16/h1-3,8-9,14-15,17H,4-7,10-13H2,(H2,23,24,26)/t14-,17-/m1/s1. The number of rotatable bonds is 5. The van der Waals surface area contributed by atoms with E-state index in [9.17, 15) is 18.0 Å². The van der Waals surface area contributed by atoms with Gasteiger partial charge in [-0.1, -0.05) is 31.0 Å². The Labute approximate surface area is 152 Å². The van der Waals surface area contributed by atoms with E-state index in [4.69, 9.17) is 0 Å². The van der Waals surface area contributed by atoms with Crippen LogP contribution in [0.25, 0.3) is 0 Å². The third-order valence-corrected chi connectivity index (χ3v) is 5.47. The number of carbonyl (C=O) groups is 1. The summed E-state index contributed by atoms with van der Waals surface area (Å²) in [6.45, 7) is 2.09. The minimum absolute atomic E-state index is 0.247. The predicted molar refractivity (Wildman–Crippen MR) is 95.1 cm³/mol. The van der Waals surface area contributed by atoms with E-state index >= 15 is 0 Å². The molecule has 7 heteroatoms. The molecule has 1 saturated heterocycles. The monoisotopic (exact) mass is 369 g/mol. The van der Waals surface area contributed by atoms with E-state index in [-0.39, 0.29) is 5.92 Å². The first-order valence-electron chi connectivity index (χ1n) is 9.34. The molecule has 4 nitrogen and oxygen atoms in total. The first-order chi connectivity index (χ1) is 12.4. The molecule has 1 saturated carbocycles. The van der Waals surface area contributed by atoms with E-state index in [1.807, 2.05) is 30.3 Å². The van der Waals surface area contributed by atoms with E-state index in [1.165, 1.54) is 0 Å². The second kappa shape index (κ2) is 8.18. The molecular weight excluding hydrogens is 343 g/mol. The van der Waals surface area contributed by atoms with Gasteiger partial charge >= 0.3 is 12.2 Å². The number of carbonyl (C=O) groups excluding carboxylic acids is 1.